The largest absolute Gasteiger partial charge is 0.394 e. The molecule has 0 radical (unpaired) electrons. The zero-order chi connectivity index (χ0) is 16.3. The Morgan fingerprint density at radius 3 is 2.86 bits per heavy atom. The van der Waals surface area contributed by atoms with Gasteiger partial charge < -0.3 is 24.8 Å². The Morgan fingerprint density at radius 1 is 1.50 bits per heavy atom. The standard InChI is InChI=1S/C12H20N4O5S/c1-6-10(19)11(20)8(5-17)21-12(6)16-4-7(13-15-16)2-3-9(18)14-22/h4,6,8,10-12,17,19-20,22H,2-3,5H2,1H3,(H,14,18). The van der Waals surface area contributed by atoms with E-state index in [9.17, 15) is 20.1 Å². The number of hydrogen-bond acceptors (Lipinski definition) is 8. The number of nitrogens with zero attached hydrogens (tertiary/aromatic N) is 3. The fourth-order valence-corrected chi connectivity index (χ4v) is 2.50. The molecule has 0 aliphatic carbocycles. The third-order valence-electron chi connectivity index (χ3n) is 3.76. The zero-order valence-corrected chi connectivity index (χ0v) is 12.9. The first kappa shape index (κ1) is 17.2. The molecule has 1 aromatic rings. The first-order chi connectivity index (χ1) is 10.5. The van der Waals surface area contributed by atoms with Crippen molar-refractivity contribution in [3.05, 3.63) is 11.9 Å². The summed E-state index contributed by atoms with van der Waals surface area (Å²) in [6, 6.07) is 0. The third-order valence-corrected chi connectivity index (χ3v) is 4.01. The van der Waals surface area contributed by atoms with Crippen LogP contribution in [0.2, 0.25) is 0 Å². The summed E-state index contributed by atoms with van der Waals surface area (Å²) >= 11 is 3.66. The number of aromatic nitrogens is 3. The maximum absolute atomic E-state index is 11.2. The molecule has 1 aliphatic rings. The van der Waals surface area contributed by atoms with Gasteiger partial charge in [0.25, 0.3) is 0 Å². The molecule has 124 valence electrons. The molecule has 1 aromatic heterocycles. The number of nitrogens with one attached hydrogen (secondary N) is 1. The van der Waals surface area contributed by atoms with E-state index < -0.39 is 37.1 Å². The highest BCUT2D eigenvalue weighted by atomic mass is 32.1. The van der Waals surface area contributed by atoms with Gasteiger partial charge in [0.05, 0.1) is 24.6 Å². The summed E-state index contributed by atoms with van der Waals surface area (Å²) in [7, 11) is 0. The molecule has 1 aliphatic heterocycles. The number of aliphatic hydroxyl groups is 3. The van der Waals surface area contributed by atoms with Crippen LogP contribution in [0.15, 0.2) is 6.20 Å². The van der Waals surface area contributed by atoms with Crippen molar-refractivity contribution in [1.29, 1.82) is 0 Å². The lowest BCUT2D eigenvalue weighted by molar-refractivity contribution is -0.231. The molecule has 4 N–H and O–H groups in total. The van der Waals surface area contributed by atoms with Gasteiger partial charge in [-0.1, -0.05) is 25.0 Å². The van der Waals surface area contributed by atoms with Crippen LogP contribution in [0.5, 0.6) is 0 Å². The Morgan fingerprint density at radius 2 is 2.23 bits per heavy atom. The Labute approximate surface area is 132 Å². The molecular weight excluding hydrogens is 312 g/mol. The van der Waals surface area contributed by atoms with E-state index in [4.69, 9.17) is 4.74 Å². The number of ether oxygens (including phenoxy) is 1. The molecular formula is C12H20N4O5S. The molecule has 1 fully saturated rings. The second-order valence-electron chi connectivity index (χ2n) is 5.31. The first-order valence-electron chi connectivity index (χ1n) is 6.94. The van der Waals surface area contributed by atoms with Gasteiger partial charge in [0.15, 0.2) is 6.23 Å². The van der Waals surface area contributed by atoms with Crippen LogP contribution in [-0.4, -0.2) is 61.1 Å². The van der Waals surface area contributed by atoms with E-state index in [1.54, 1.807) is 13.1 Å². The molecule has 2 heterocycles. The summed E-state index contributed by atoms with van der Waals surface area (Å²) in [4.78, 5) is 11.2. The number of amides is 1. The van der Waals surface area contributed by atoms with E-state index in [0.29, 0.717) is 12.1 Å². The summed E-state index contributed by atoms with van der Waals surface area (Å²) in [5.74, 6) is -0.660. The monoisotopic (exact) mass is 332 g/mol. The van der Waals surface area contributed by atoms with Crippen molar-refractivity contribution < 1.29 is 24.9 Å². The topological polar surface area (TPSA) is 130 Å². The van der Waals surface area contributed by atoms with Crippen LogP contribution < -0.4 is 4.72 Å². The normalized spacial score (nSPS) is 32.0. The van der Waals surface area contributed by atoms with Gasteiger partial charge in [-0.3, -0.25) is 4.79 Å². The number of hydrogen-bond donors (Lipinski definition) is 5. The minimum absolute atomic E-state index is 0.223. The quantitative estimate of drug-likeness (QED) is 0.411. The van der Waals surface area contributed by atoms with Gasteiger partial charge in [-0.25, -0.2) is 4.68 Å². The average molecular weight is 332 g/mol. The minimum atomic E-state index is -1.15. The Balaban J connectivity index is 2.07. The van der Waals surface area contributed by atoms with Crippen LogP contribution in [0, 0.1) is 5.92 Å². The lowest BCUT2D eigenvalue weighted by atomic mass is 9.91. The van der Waals surface area contributed by atoms with Gasteiger partial charge in [0.2, 0.25) is 5.91 Å². The van der Waals surface area contributed by atoms with Crippen molar-refractivity contribution >= 4 is 18.7 Å². The molecule has 5 unspecified atom stereocenters. The maximum atomic E-state index is 11.2. The van der Waals surface area contributed by atoms with Crippen molar-refractivity contribution in [3.63, 3.8) is 0 Å². The van der Waals surface area contributed by atoms with E-state index in [-0.39, 0.29) is 12.3 Å². The van der Waals surface area contributed by atoms with Crippen LogP contribution in [0.25, 0.3) is 0 Å². The van der Waals surface area contributed by atoms with Gasteiger partial charge in [0, 0.05) is 18.8 Å². The fraction of sp³-hybridized carbons (Fsp3) is 0.750. The smallest absolute Gasteiger partial charge is 0.230 e. The predicted molar refractivity (Wildman–Crippen MR) is 77.6 cm³/mol. The summed E-state index contributed by atoms with van der Waals surface area (Å²) in [6.07, 6.45) is -1.51. The SMILES string of the molecule is CC1C(O)C(O)C(CO)OC1n1cc(CCC(=O)NS)nn1. The second-order valence-corrected chi connectivity index (χ2v) is 5.54. The van der Waals surface area contributed by atoms with Gasteiger partial charge >= 0.3 is 0 Å². The number of carbonyl (C=O) groups is 1. The molecule has 0 aromatic carbocycles. The predicted octanol–water partition coefficient (Wildman–Crippen LogP) is -1.58. The average Bonchev–Trinajstić information content (AvgIpc) is 2.99. The second kappa shape index (κ2) is 7.38. The number of aliphatic hydroxyl groups excluding tert-OH is 3. The van der Waals surface area contributed by atoms with Crippen LogP contribution in [0.1, 0.15) is 25.3 Å². The number of thiol groups is 1. The molecule has 1 amide bonds. The van der Waals surface area contributed by atoms with Gasteiger partial charge in [-0.2, -0.15) is 0 Å². The number of rotatable bonds is 5. The van der Waals surface area contributed by atoms with Crippen molar-refractivity contribution in [2.45, 2.75) is 44.3 Å². The minimum Gasteiger partial charge on any atom is -0.394 e. The molecule has 0 bridgehead atoms. The van der Waals surface area contributed by atoms with Crippen molar-refractivity contribution in [2.75, 3.05) is 6.61 Å². The van der Waals surface area contributed by atoms with Crippen LogP contribution in [-0.2, 0) is 16.0 Å². The lowest BCUT2D eigenvalue weighted by Gasteiger charge is -2.40. The molecule has 22 heavy (non-hydrogen) atoms. The van der Waals surface area contributed by atoms with Crippen LogP contribution in [0.4, 0.5) is 0 Å². The highest BCUT2D eigenvalue weighted by Gasteiger charge is 2.43. The highest BCUT2D eigenvalue weighted by Crippen LogP contribution is 2.32. The Bertz CT molecular complexity index is 511. The molecule has 0 spiro atoms. The first-order valence-corrected chi connectivity index (χ1v) is 7.38. The molecule has 5 atom stereocenters. The van der Waals surface area contributed by atoms with E-state index in [0.717, 1.165) is 0 Å². The van der Waals surface area contributed by atoms with Crippen LogP contribution >= 0.6 is 12.8 Å². The van der Waals surface area contributed by atoms with Gasteiger partial charge in [-0.15, -0.1) is 5.10 Å². The number of aryl methyl sites for hydroxylation is 1. The lowest BCUT2D eigenvalue weighted by Crippen LogP contribution is -2.53. The van der Waals surface area contributed by atoms with E-state index in [1.165, 1.54) is 4.68 Å². The molecule has 9 nitrogen and oxygen atoms in total. The Hall–Kier alpha value is -1.20. The van der Waals surface area contributed by atoms with Crippen molar-refractivity contribution in [2.24, 2.45) is 5.92 Å². The summed E-state index contributed by atoms with van der Waals surface area (Å²) in [5.41, 5.74) is 0.592. The van der Waals surface area contributed by atoms with E-state index in [2.05, 4.69) is 27.8 Å². The fourth-order valence-electron chi connectivity index (χ4n) is 2.39. The Kier molecular flexibility index (Phi) is 5.75. The summed E-state index contributed by atoms with van der Waals surface area (Å²) < 4.78 is 9.24. The summed E-state index contributed by atoms with van der Waals surface area (Å²) in [5, 5.41) is 37.0. The highest BCUT2D eigenvalue weighted by molar-refractivity contribution is 7.78. The molecule has 10 heteroatoms. The molecule has 2 rings (SSSR count). The van der Waals surface area contributed by atoms with E-state index in [1.807, 2.05) is 0 Å². The van der Waals surface area contributed by atoms with Crippen molar-refractivity contribution in [3.8, 4) is 0 Å². The van der Waals surface area contributed by atoms with Gasteiger partial charge in [0.1, 0.15) is 12.2 Å². The molecule has 1 saturated heterocycles. The van der Waals surface area contributed by atoms with Crippen molar-refractivity contribution in [1.82, 2.24) is 19.7 Å². The third kappa shape index (κ3) is 3.58. The maximum Gasteiger partial charge on any atom is 0.230 e. The van der Waals surface area contributed by atoms with Gasteiger partial charge in [-0.05, 0) is 0 Å². The molecule has 0 saturated carbocycles. The van der Waals surface area contributed by atoms with Crippen LogP contribution in [0.3, 0.4) is 0 Å². The summed E-state index contributed by atoms with van der Waals surface area (Å²) in [6.45, 7) is 1.30. The van der Waals surface area contributed by atoms with E-state index >= 15 is 0 Å². The zero-order valence-electron chi connectivity index (χ0n) is 12.0. The number of carbonyl (C=O) groups excluding carboxylic acids is 1.